The Hall–Kier alpha value is -2.51. The van der Waals surface area contributed by atoms with E-state index in [4.69, 9.17) is 4.42 Å². The van der Waals surface area contributed by atoms with Gasteiger partial charge in [0.15, 0.2) is 5.13 Å². The molecule has 0 saturated heterocycles. The third-order valence-electron chi connectivity index (χ3n) is 3.41. The summed E-state index contributed by atoms with van der Waals surface area (Å²) in [6.45, 7) is 1.97. The van der Waals surface area contributed by atoms with Crippen LogP contribution in [0.15, 0.2) is 45.1 Å². The lowest BCUT2D eigenvalue weighted by Crippen LogP contribution is -2.09. The van der Waals surface area contributed by atoms with Crippen LogP contribution in [0.2, 0.25) is 0 Å². The van der Waals surface area contributed by atoms with Crippen molar-refractivity contribution in [2.75, 3.05) is 5.32 Å². The number of carbonyl (C=O) groups is 1. The lowest BCUT2D eigenvalue weighted by molar-refractivity contribution is 0.103. The molecule has 3 aromatic heterocycles. The summed E-state index contributed by atoms with van der Waals surface area (Å²) in [5, 5.41) is 6.31. The number of hydrogen-bond acceptors (Lipinski definition) is 6. The zero-order valence-electron chi connectivity index (χ0n) is 12.0. The van der Waals surface area contributed by atoms with Crippen LogP contribution in [0.1, 0.15) is 15.2 Å². The van der Waals surface area contributed by atoms with Gasteiger partial charge in [-0.2, -0.15) is 0 Å². The number of fused-ring (bicyclic) bond motifs is 3. The van der Waals surface area contributed by atoms with Crippen LogP contribution in [0.3, 0.4) is 0 Å². The maximum Gasteiger partial charge on any atom is 0.345 e. The number of thiophene rings is 1. The highest BCUT2D eigenvalue weighted by atomic mass is 32.1. The van der Waals surface area contributed by atoms with Crippen molar-refractivity contribution in [1.82, 2.24) is 4.98 Å². The van der Waals surface area contributed by atoms with Crippen molar-refractivity contribution >= 4 is 54.8 Å². The van der Waals surface area contributed by atoms with E-state index in [9.17, 15) is 9.59 Å². The fourth-order valence-electron chi connectivity index (χ4n) is 2.36. The van der Waals surface area contributed by atoms with Gasteiger partial charge in [0.1, 0.15) is 5.58 Å². The molecule has 0 radical (unpaired) electrons. The fourth-order valence-corrected chi connectivity index (χ4v) is 3.95. The van der Waals surface area contributed by atoms with Crippen molar-refractivity contribution in [3.05, 3.63) is 56.7 Å². The lowest BCUT2D eigenvalue weighted by atomic mass is 10.1. The first-order valence-corrected chi connectivity index (χ1v) is 8.49. The van der Waals surface area contributed by atoms with Gasteiger partial charge in [0, 0.05) is 17.0 Å². The molecule has 1 N–H and O–H groups in total. The van der Waals surface area contributed by atoms with Gasteiger partial charge >= 0.3 is 5.63 Å². The number of rotatable bonds is 2. The molecule has 114 valence electrons. The van der Waals surface area contributed by atoms with Crippen LogP contribution in [0, 0.1) is 6.92 Å². The zero-order chi connectivity index (χ0) is 16.0. The molecule has 0 spiro atoms. The molecule has 0 aliphatic heterocycles. The summed E-state index contributed by atoms with van der Waals surface area (Å²) in [6, 6.07) is 7.21. The quantitative estimate of drug-likeness (QED) is 0.558. The van der Waals surface area contributed by atoms with Crippen LogP contribution in [-0.2, 0) is 0 Å². The van der Waals surface area contributed by atoms with Gasteiger partial charge in [-0.05, 0) is 25.1 Å². The van der Waals surface area contributed by atoms with Gasteiger partial charge in [-0.25, -0.2) is 9.78 Å². The second-order valence-electron chi connectivity index (χ2n) is 5.03. The Labute approximate surface area is 138 Å². The molecule has 0 atom stereocenters. The predicted octanol–water partition coefficient (Wildman–Crippen LogP) is 4.02. The van der Waals surface area contributed by atoms with E-state index in [0.29, 0.717) is 21.0 Å². The number of carbonyl (C=O) groups excluding carboxylic acids is 1. The molecular weight excluding hydrogens is 332 g/mol. The van der Waals surface area contributed by atoms with Crippen LogP contribution in [0.25, 0.3) is 21.1 Å². The second kappa shape index (κ2) is 5.29. The van der Waals surface area contributed by atoms with E-state index in [1.807, 2.05) is 19.1 Å². The van der Waals surface area contributed by atoms with E-state index < -0.39 is 5.63 Å². The number of anilines is 1. The van der Waals surface area contributed by atoms with Crippen molar-refractivity contribution in [1.29, 1.82) is 0 Å². The molecule has 4 aromatic rings. The summed E-state index contributed by atoms with van der Waals surface area (Å²) < 4.78 is 6.11. The lowest BCUT2D eigenvalue weighted by Gasteiger charge is -1.99. The number of amides is 1. The Kier molecular flexibility index (Phi) is 3.24. The van der Waals surface area contributed by atoms with E-state index in [1.165, 1.54) is 22.7 Å². The summed E-state index contributed by atoms with van der Waals surface area (Å²) in [4.78, 5) is 28.9. The van der Waals surface area contributed by atoms with Crippen LogP contribution >= 0.6 is 22.7 Å². The molecule has 0 unspecified atom stereocenters. The molecule has 1 aromatic carbocycles. The maximum absolute atomic E-state index is 12.3. The highest BCUT2D eigenvalue weighted by Gasteiger charge is 2.16. The minimum Gasteiger partial charge on any atom is -0.422 e. The van der Waals surface area contributed by atoms with Crippen molar-refractivity contribution in [3.8, 4) is 0 Å². The summed E-state index contributed by atoms with van der Waals surface area (Å²) in [6.07, 6.45) is 1.62. The average Bonchev–Trinajstić information content (AvgIpc) is 3.17. The van der Waals surface area contributed by atoms with E-state index >= 15 is 0 Å². The second-order valence-corrected chi connectivity index (χ2v) is 6.98. The predicted molar refractivity (Wildman–Crippen MR) is 92.7 cm³/mol. The van der Waals surface area contributed by atoms with Crippen LogP contribution < -0.4 is 10.9 Å². The smallest absolute Gasteiger partial charge is 0.345 e. The topological polar surface area (TPSA) is 72.2 Å². The normalized spacial score (nSPS) is 11.2. The van der Waals surface area contributed by atoms with Gasteiger partial charge in [0.05, 0.1) is 15.0 Å². The van der Waals surface area contributed by atoms with Gasteiger partial charge in [-0.3, -0.25) is 10.1 Å². The van der Waals surface area contributed by atoms with Gasteiger partial charge in [0.25, 0.3) is 5.91 Å². The molecule has 4 rings (SSSR count). The van der Waals surface area contributed by atoms with E-state index in [0.717, 1.165) is 15.6 Å². The van der Waals surface area contributed by atoms with Gasteiger partial charge in [-0.15, -0.1) is 22.7 Å². The van der Waals surface area contributed by atoms with E-state index in [2.05, 4.69) is 10.3 Å². The number of benzene rings is 1. The molecule has 3 heterocycles. The van der Waals surface area contributed by atoms with Crippen LogP contribution in [0.4, 0.5) is 5.13 Å². The molecule has 0 fully saturated rings. The Morgan fingerprint density at radius 3 is 2.91 bits per heavy atom. The van der Waals surface area contributed by atoms with E-state index in [-0.39, 0.29) is 5.91 Å². The SMILES string of the molecule is Cc1ccc2oc(=O)c3cc(C(=O)Nc4nccs4)sc3c2c1. The largest absolute Gasteiger partial charge is 0.422 e. The standard InChI is InChI=1S/C16H10N2O3S2/c1-8-2-3-11-9(6-8)13-10(15(20)21-11)7-12(23-13)14(19)18-16-17-4-5-22-16/h2-7H,1H3,(H,17,18,19). The third kappa shape index (κ3) is 2.43. The van der Waals surface area contributed by atoms with Crippen molar-refractivity contribution in [3.63, 3.8) is 0 Å². The molecule has 0 bridgehead atoms. The van der Waals surface area contributed by atoms with Crippen molar-refractivity contribution in [2.45, 2.75) is 6.92 Å². The Morgan fingerprint density at radius 1 is 1.26 bits per heavy atom. The molecule has 1 amide bonds. The molecule has 23 heavy (non-hydrogen) atoms. The minimum atomic E-state index is -0.430. The van der Waals surface area contributed by atoms with E-state index in [1.54, 1.807) is 23.7 Å². The molecule has 0 aliphatic carbocycles. The highest BCUT2D eigenvalue weighted by molar-refractivity contribution is 7.22. The summed E-state index contributed by atoms with van der Waals surface area (Å²) in [7, 11) is 0. The molecule has 5 nitrogen and oxygen atoms in total. The summed E-state index contributed by atoms with van der Waals surface area (Å²) >= 11 is 2.63. The Morgan fingerprint density at radius 2 is 2.13 bits per heavy atom. The van der Waals surface area contributed by atoms with Gasteiger partial charge in [-0.1, -0.05) is 11.6 Å². The average molecular weight is 342 g/mol. The molecular formula is C16H10N2O3S2. The monoisotopic (exact) mass is 342 g/mol. The number of hydrogen-bond donors (Lipinski definition) is 1. The molecule has 0 aliphatic rings. The summed E-state index contributed by atoms with van der Waals surface area (Å²) in [5.41, 5.74) is 1.16. The maximum atomic E-state index is 12.3. The summed E-state index contributed by atoms with van der Waals surface area (Å²) in [5.74, 6) is -0.277. The minimum absolute atomic E-state index is 0.277. The number of nitrogens with one attached hydrogen (secondary N) is 1. The van der Waals surface area contributed by atoms with Crippen molar-refractivity contribution < 1.29 is 9.21 Å². The molecule has 7 heteroatoms. The van der Waals surface area contributed by atoms with Crippen molar-refractivity contribution in [2.24, 2.45) is 0 Å². The number of aryl methyl sites for hydroxylation is 1. The van der Waals surface area contributed by atoms with Crippen LogP contribution in [-0.4, -0.2) is 10.9 Å². The first-order chi connectivity index (χ1) is 11.1. The fraction of sp³-hybridized carbons (Fsp3) is 0.0625. The van der Waals surface area contributed by atoms with Gasteiger partial charge < -0.3 is 4.42 Å². The highest BCUT2D eigenvalue weighted by Crippen LogP contribution is 2.31. The molecule has 0 saturated carbocycles. The Balaban J connectivity index is 1.88. The van der Waals surface area contributed by atoms with Gasteiger partial charge in [0.2, 0.25) is 0 Å². The Bertz CT molecular complexity index is 1090. The first kappa shape index (κ1) is 14.1. The first-order valence-electron chi connectivity index (χ1n) is 6.80. The third-order valence-corrected chi connectivity index (χ3v) is 5.27. The number of thiazole rings is 1. The zero-order valence-corrected chi connectivity index (χ0v) is 13.6. The number of aromatic nitrogens is 1. The van der Waals surface area contributed by atoms with Crippen LogP contribution in [0.5, 0.6) is 0 Å². The number of nitrogens with zero attached hydrogens (tertiary/aromatic N) is 1.